The van der Waals surface area contributed by atoms with Crippen LogP contribution in [0.5, 0.6) is 0 Å². The molecule has 3 aromatic rings. The van der Waals surface area contributed by atoms with E-state index >= 15 is 0 Å². The number of rotatable bonds is 6. The van der Waals surface area contributed by atoms with E-state index in [2.05, 4.69) is 21.7 Å². The number of pyridine rings is 1. The molecule has 4 nitrogen and oxygen atoms in total. The Morgan fingerprint density at radius 1 is 1.50 bits per heavy atom. The lowest BCUT2D eigenvalue weighted by Gasteiger charge is -2.06. The van der Waals surface area contributed by atoms with Crippen LogP contribution in [0.3, 0.4) is 0 Å². The van der Waals surface area contributed by atoms with Crippen LogP contribution in [0.4, 0.5) is 5.69 Å². The van der Waals surface area contributed by atoms with Crippen molar-refractivity contribution in [2.75, 3.05) is 5.32 Å². The first-order chi connectivity index (χ1) is 11.6. The quantitative estimate of drug-likeness (QED) is 0.601. The van der Waals surface area contributed by atoms with Gasteiger partial charge in [0.15, 0.2) is 5.58 Å². The number of anilines is 1. The molecule has 24 heavy (non-hydrogen) atoms. The number of hydrogen-bond acceptors (Lipinski definition) is 5. The maximum absolute atomic E-state index is 6.23. The number of nitrogens with one attached hydrogen (secondary N) is 1. The Kier molecular flexibility index (Phi) is 5.23. The molecule has 3 N–H and O–H groups in total. The van der Waals surface area contributed by atoms with E-state index in [1.165, 1.54) is 4.88 Å². The molecule has 0 amide bonds. The van der Waals surface area contributed by atoms with Gasteiger partial charge in [0.05, 0.1) is 5.69 Å². The van der Waals surface area contributed by atoms with Gasteiger partial charge in [-0.2, -0.15) is 0 Å². The van der Waals surface area contributed by atoms with Crippen molar-refractivity contribution in [3.8, 4) is 0 Å². The molecule has 1 atom stereocenters. The molecular weight excluding hydrogens is 342 g/mol. The van der Waals surface area contributed by atoms with E-state index in [-0.39, 0.29) is 6.04 Å². The molecule has 3 aromatic heterocycles. The smallest absolute Gasteiger partial charge is 0.176 e. The molecule has 0 radical (unpaired) electrons. The summed E-state index contributed by atoms with van der Waals surface area (Å²) < 4.78 is 6.11. The molecule has 0 aromatic carbocycles. The summed E-state index contributed by atoms with van der Waals surface area (Å²) in [5.74, 6) is 0.840. The van der Waals surface area contributed by atoms with E-state index in [4.69, 9.17) is 21.8 Å². The summed E-state index contributed by atoms with van der Waals surface area (Å²) >= 11 is 7.94. The van der Waals surface area contributed by atoms with Gasteiger partial charge in [-0.3, -0.25) is 0 Å². The van der Waals surface area contributed by atoms with Gasteiger partial charge in [0.25, 0.3) is 0 Å². The number of fused-ring (bicyclic) bond motifs is 1. The molecular formula is C18H20ClN3OS. The molecule has 126 valence electrons. The van der Waals surface area contributed by atoms with Gasteiger partial charge in [-0.1, -0.05) is 29.8 Å². The normalized spacial score (nSPS) is 13.0. The number of furan rings is 1. The molecule has 0 saturated carbocycles. The minimum Gasteiger partial charge on any atom is -0.456 e. The fourth-order valence-corrected chi connectivity index (χ4v) is 3.45. The van der Waals surface area contributed by atoms with E-state index in [0.717, 1.165) is 34.7 Å². The second-order valence-corrected chi connectivity index (χ2v) is 7.14. The molecule has 0 aliphatic heterocycles. The Labute approximate surface area is 150 Å². The zero-order valence-electron chi connectivity index (χ0n) is 13.7. The highest BCUT2D eigenvalue weighted by Crippen LogP contribution is 2.34. The lowest BCUT2D eigenvalue weighted by atomic mass is 10.1. The predicted octanol–water partition coefficient (Wildman–Crippen LogP) is 5.08. The highest BCUT2D eigenvalue weighted by atomic mass is 35.5. The first-order valence-electron chi connectivity index (χ1n) is 7.85. The summed E-state index contributed by atoms with van der Waals surface area (Å²) in [5.41, 5.74) is 9.25. The molecule has 6 heteroatoms. The molecule has 0 spiro atoms. The molecule has 0 bridgehead atoms. The Morgan fingerprint density at radius 3 is 3.00 bits per heavy atom. The lowest BCUT2D eigenvalue weighted by Crippen LogP contribution is -2.17. The second-order valence-electron chi connectivity index (χ2n) is 5.72. The summed E-state index contributed by atoms with van der Waals surface area (Å²) in [6, 6.07) is 5.93. The number of halogens is 1. The van der Waals surface area contributed by atoms with Gasteiger partial charge in [0.2, 0.25) is 0 Å². The maximum atomic E-state index is 6.23. The van der Waals surface area contributed by atoms with Gasteiger partial charge in [0, 0.05) is 35.5 Å². The van der Waals surface area contributed by atoms with Crippen molar-refractivity contribution in [1.82, 2.24) is 4.98 Å². The van der Waals surface area contributed by atoms with E-state index in [9.17, 15) is 0 Å². The molecule has 3 heterocycles. The molecule has 0 saturated heterocycles. The predicted molar refractivity (Wildman–Crippen MR) is 103 cm³/mol. The Balaban J connectivity index is 2.05. The van der Waals surface area contributed by atoms with E-state index in [0.29, 0.717) is 11.6 Å². The molecule has 0 fully saturated rings. The number of allylic oxidation sites excluding steroid dienone is 1. The van der Waals surface area contributed by atoms with Crippen LogP contribution < -0.4 is 11.1 Å². The molecule has 0 unspecified atom stereocenters. The van der Waals surface area contributed by atoms with Gasteiger partial charge in [-0.15, -0.1) is 11.3 Å². The monoisotopic (exact) mass is 361 g/mol. The van der Waals surface area contributed by atoms with Gasteiger partial charge >= 0.3 is 0 Å². The number of thiophene rings is 1. The Bertz CT molecular complexity index is 853. The van der Waals surface area contributed by atoms with Crippen molar-refractivity contribution in [3.63, 3.8) is 0 Å². The summed E-state index contributed by atoms with van der Waals surface area (Å²) in [7, 11) is 0. The average Bonchev–Trinajstić information content (AvgIpc) is 3.14. The van der Waals surface area contributed by atoms with Crippen LogP contribution >= 0.6 is 22.9 Å². The van der Waals surface area contributed by atoms with Crippen molar-refractivity contribution in [2.24, 2.45) is 5.73 Å². The number of hydrogen-bond donors (Lipinski definition) is 2. The molecule has 3 rings (SSSR count). The SMILES string of the molecule is C/C=C/c1c(C[C@H](C)N)oc2c(NCc3cccs3)cc(Cl)nc12. The van der Waals surface area contributed by atoms with E-state index in [1.807, 2.05) is 32.1 Å². The number of aromatic nitrogens is 1. The van der Waals surface area contributed by atoms with Crippen LogP contribution in [0.2, 0.25) is 5.15 Å². The summed E-state index contributed by atoms with van der Waals surface area (Å²) in [6.45, 7) is 4.65. The number of nitrogens with zero attached hydrogens (tertiary/aromatic N) is 1. The minimum atomic E-state index is 0.00701. The summed E-state index contributed by atoms with van der Waals surface area (Å²) in [5, 5.41) is 5.90. The zero-order valence-corrected chi connectivity index (χ0v) is 15.2. The topological polar surface area (TPSA) is 64.1 Å². The largest absolute Gasteiger partial charge is 0.456 e. The van der Waals surface area contributed by atoms with Crippen molar-refractivity contribution in [3.05, 3.63) is 51.0 Å². The van der Waals surface area contributed by atoms with Crippen molar-refractivity contribution >= 4 is 45.8 Å². The summed E-state index contributed by atoms with van der Waals surface area (Å²) in [6.07, 6.45) is 4.62. The fourth-order valence-electron chi connectivity index (χ4n) is 2.61. The standard InChI is InChI=1S/C18H20ClN3OS/c1-3-5-13-15(8-11(2)20)23-18-14(9-16(19)22-17(13)18)21-10-12-6-4-7-24-12/h3-7,9,11H,8,10,20H2,1-2H3,(H,21,22)/b5-3+/t11-/m0/s1. The van der Waals surface area contributed by atoms with E-state index < -0.39 is 0 Å². The summed E-state index contributed by atoms with van der Waals surface area (Å²) in [4.78, 5) is 5.71. The highest BCUT2D eigenvalue weighted by Gasteiger charge is 2.18. The minimum absolute atomic E-state index is 0.00701. The Hall–Kier alpha value is -1.82. The Morgan fingerprint density at radius 2 is 2.33 bits per heavy atom. The van der Waals surface area contributed by atoms with Crippen molar-refractivity contribution in [2.45, 2.75) is 32.9 Å². The van der Waals surface area contributed by atoms with Crippen LogP contribution in [0.1, 0.15) is 30.0 Å². The van der Waals surface area contributed by atoms with Crippen LogP contribution in [0.25, 0.3) is 17.2 Å². The third kappa shape index (κ3) is 3.64. The van der Waals surface area contributed by atoms with Crippen LogP contribution in [0.15, 0.2) is 34.1 Å². The third-order valence-corrected chi connectivity index (χ3v) is 4.67. The highest BCUT2D eigenvalue weighted by molar-refractivity contribution is 7.09. The average molecular weight is 362 g/mol. The second kappa shape index (κ2) is 7.38. The van der Waals surface area contributed by atoms with Crippen LogP contribution in [-0.2, 0) is 13.0 Å². The lowest BCUT2D eigenvalue weighted by molar-refractivity contribution is 0.524. The first-order valence-corrected chi connectivity index (χ1v) is 9.10. The van der Waals surface area contributed by atoms with Gasteiger partial charge in [-0.05, 0) is 25.3 Å². The number of nitrogens with two attached hydrogens (primary N) is 1. The van der Waals surface area contributed by atoms with Crippen molar-refractivity contribution in [1.29, 1.82) is 0 Å². The van der Waals surface area contributed by atoms with Gasteiger partial charge in [-0.25, -0.2) is 4.98 Å². The maximum Gasteiger partial charge on any atom is 0.176 e. The molecule has 0 aliphatic rings. The molecule has 0 aliphatic carbocycles. The van der Waals surface area contributed by atoms with Gasteiger partial charge < -0.3 is 15.5 Å². The van der Waals surface area contributed by atoms with Crippen molar-refractivity contribution < 1.29 is 4.42 Å². The van der Waals surface area contributed by atoms with Gasteiger partial charge in [0.1, 0.15) is 16.4 Å². The van der Waals surface area contributed by atoms with Crippen LogP contribution in [-0.4, -0.2) is 11.0 Å². The zero-order chi connectivity index (χ0) is 17.1. The third-order valence-electron chi connectivity index (χ3n) is 3.60. The first kappa shape index (κ1) is 17.0. The van der Waals surface area contributed by atoms with Crippen LogP contribution in [0, 0.1) is 0 Å². The van der Waals surface area contributed by atoms with E-state index in [1.54, 1.807) is 17.4 Å². The fraction of sp³-hybridized carbons (Fsp3) is 0.278.